The fraction of sp³-hybridized carbons (Fsp3) is 0.240. The predicted octanol–water partition coefficient (Wildman–Crippen LogP) is 3.83. The molecular formula is C25H23F2N5O3. The summed E-state index contributed by atoms with van der Waals surface area (Å²) < 4.78 is 40.6. The van der Waals surface area contributed by atoms with Gasteiger partial charge in [0, 0.05) is 12.7 Å². The van der Waals surface area contributed by atoms with Gasteiger partial charge in [-0.05, 0) is 42.8 Å². The van der Waals surface area contributed by atoms with Crippen LogP contribution in [0, 0.1) is 11.6 Å². The van der Waals surface area contributed by atoms with E-state index in [1.165, 1.54) is 30.5 Å². The van der Waals surface area contributed by atoms with Gasteiger partial charge in [0.05, 0.1) is 37.6 Å². The first-order valence-corrected chi connectivity index (χ1v) is 11.3. The molecule has 10 heteroatoms. The van der Waals surface area contributed by atoms with Crippen LogP contribution in [-0.4, -0.2) is 45.7 Å². The van der Waals surface area contributed by atoms with Crippen molar-refractivity contribution < 1.29 is 18.3 Å². The van der Waals surface area contributed by atoms with E-state index in [2.05, 4.69) is 9.97 Å². The number of para-hydroxylation sites is 1. The second kappa shape index (κ2) is 9.67. The lowest BCUT2D eigenvalue weighted by Gasteiger charge is -2.32. The van der Waals surface area contributed by atoms with E-state index < -0.39 is 11.6 Å². The molecule has 3 heterocycles. The van der Waals surface area contributed by atoms with Crippen LogP contribution < -0.4 is 15.3 Å². The summed E-state index contributed by atoms with van der Waals surface area (Å²) in [6.07, 6.45) is 1.49. The second-order valence-corrected chi connectivity index (χ2v) is 7.86. The molecule has 1 fully saturated rings. The molecule has 35 heavy (non-hydrogen) atoms. The van der Waals surface area contributed by atoms with Crippen molar-refractivity contribution >= 4 is 0 Å². The highest BCUT2D eigenvalue weighted by Gasteiger charge is 2.27. The van der Waals surface area contributed by atoms with Gasteiger partial charge < -0.3 is 9.47 Å². The van der Waals surface area contributed by atoms with Crippen molar-refractivity contribution in [3.05, 3.63) is 82.8 Å². The Morgan fingerprint density at radius 1 is 1.03 bits per heavy atom. The van der Waals surface area contributed by atoms with E-state index in [0.29, 0.717) is 55.4 Å². The van der Waals surface area contributed by atoms with E-state index in [9.17, 15) is 13.6 Å². The number of nitrogens with zero attached hydrogens (tertiary/aromatic N) is 5. The molecule has 0 N–H and O–H groups in total. The average Bonchev–Trinajstić information content (AvgIpc) is 3.18. The summed E-state index contributed by atoms with van der Waals surface area (Å²) >= 11 is 0. The van der Waals surface area contributed by atoms with Crippen LogP contribution in [0.4, 0.5) is 8.78 Å². The molecule has 1 aliphatic heterocycles. The molecule has 0 atom stereocenters. The lowest BCUT2D eigenvalue weighted by atomic mass is 10.0. The molecule has 0 aliphatic carbocycles. The van der Waals surface area contributed by atoms with Crippen molar-refractivity contribution in [1.82, 2.24) is 19.4 Å². The molecule has 2 aromatic carbocycles. The van der Waals surface area contributed by atoms with Crippen LogP contribution in [0.5, 0.6) is 11.8 Å². The summed E-state index contributed by atoms with van der Waals surface area (Å²) in [5, 5.41) is 2.01. The summed E-state index contributed by atoms with van der Waals surface area (Å²) in [7, 11) is 0. The van der Waals surface area contributed by atoms with E-state index in [1.54, 1.807) is 39.8 Å². The number of benzene rings is 2. The zero-order chi connectivity index (χ0) is 24.4. The van der Waals surface area contributed by atoms with Crippen molar-refractivity contribution in [3.63, 3.8) is 0 Å². The molecule has 8 nitrogen and oxygen atoms in total. The first-order chi connectivity index (χ1) is 17.1. The van der Waals surface area contributed by atoms with Crippen LogP contribution >= 0.6 is 0 Å². The van der Waals surface area contributed by atoms with Crippen LogP contribution in [0.25, 0.3) is 22.5 Å². The monoisotopic (exact) mass is 479 g/mol. The van der Waals surface area contributed by atoms with Gasteiger partial charge in [-0.1, -0.05) is 24.3 Å². The third-order valence-corrected chi connectivity index (χ3v) is 5.72. The van der Waals surface area contributed by atoms with Gasteiger partial charge in [0.1, 0.15) is 11.5 Å². The molecule has 0 amide bonds. The molecule has 180 valence electrons. The van der Waals surface area contributed by atoms with Crippen molar-refractivity contribution in [1.29, 1.82) is 0 Å². The van der Waals surface area contributed by atoms with Crippen LogP contribution in [0.3, 0.4) is 0 Å². The number of ether oxygens (including phenoxy) is 2. The summed E-state index contributed by atoms with van der Waals surface area (Å²) in [5.74, 6) is -0.961. The average molecular weight is 479 g/mol. The van der Waals surface area contributed by atoms with Gasteiger partial charge in [0.2, 0.25) is 0 Å². The van der Waals surface area contributed by atoms with Crippen molar-refractivity contribution in [3.8, 4) is 34.3 Å². The zero-order valence-electron chi connectivity index (χ0n) is 19.0. The number of morpholine rings is 1. The van der Waals surface area contributed by atoms with Gasteiger partial charge >= 0.3 is 6.01 Å². The lowest BCUT2D eigenvalue weighted by molar-refractivity contribution is 0.106. The topological polar surface area (TPSA) is 74.4 Å². The third kappa shape index (κ3) is 4.40. The largest absolute Gasteiger partial charge is 0.421 e. The van der Waals surface area contributed by atoms with Gasteiger partial charge in [-0.3, -0.25) is 9.80 Å². The second-order valence-electron chi connectivity index (χ2n) is 7.86. The first-order valence-electron chi connectivity index (χ1n) is 11.3. The van der Waals surface area contributed by atoms with E-state index in [4.69, 9.17) is 9.47 Å². The molecule has 0 radical (unpaired) electrons. The van der Waals surface area contributed by atoms with E-state index >= 15 is 0 Å². The van der Waals surface area contributed by atoms with Crippen LogP contribution in [0.15, 0.2) is 65.6 Å². The zero-order valence-corrected chi connectivity index (χ0v) is 19.0. The van der Waals surface area contributed by atoms with Crippen molar-refractivity contribution in [2.45, 2.75) is 13.5 Å². The van der Waals surface area contributed by atoms with Crippen LogP contribution in [0.1, 0.15) is 6.92 Å². The Morgan fingerprint density at radius 3 is 2.49 bits per heavy atom. The summed E-state index contributed by atoms with van der Waals surface area (Å²) in [6, 6.07) is 13.3. The molecule has 0 unspecified atom stereocenters. The number of aromatic nitrogens is 4. The fourth-order valence-corrected chi connectivity index (χ4v) is 4.11. The molecule has 4 aromatic rings. The summed E-state index contributed by atoms with van der Waals surface area (Å²) in [5.41, 5.74) is 1.59. The molecule has 1 aliphatic rings. The Hall–Kier alpha value is -4.05. The minimum absolute atomic E-state index is 0.0138. The predicted molar refractivity (Wildman–Crippen MR) is 126 cm³/mol. The smallest absolute Gasteiger partial charge is 0.322 e. The third-order valence-electron chi connectivity index (χ3n) is 5.72. The van der Waals surface area contributed by atoms with Crippen molar-refractivity contribution in [2.75, 3.05) is 31.3 Å². The highest BCUT2D eigenvalue weighted by Crippen LogP contribution is 2.31. The Labute approximate surface area is 199 Å². The van der Waals surface area contributed by atoms with Gasteiger partial charge in [-0.2, -0.15) is 9.77 Å². The Bertz CT molecular complexity index is 1400. The quantitative estimate of drug-likeness (QED) is 0.419. The number of hydrogen-bond donors (Lipinski definition) is 0. The molecule has 0 bridgehead atoms. The Kier molecular flexibility index (Phi) is 6.28. The lowest BCUT2D eigenvalue weighted by Crippen LogP contribution is -2.48. The number of halogens is 2. The molecule has 1 saturated heterocycles. The number of rotatable bonds is 6. The minimum atomic E-state index is -0.545. The summed E-state index contributed by atoms with van der Waals surface area (Å²) in [4.78, 5) is 24.1. The maximum absolute atomic E-state index is 14.1. The summed E-state index contributed by atoms with van der Waals surface area (Å²) in [6.45, 7) is 4.41. The van der Waals surface area contributed by atoms with E-state index in [1.807, 2.05) is 11.9 Å². The van der Waals surface area contributed by atoms with Crippen LogP contribution in [-0.2, 0) is 11.3 Å². The molecule has 0 spiro atoms. The van der Waals surface area contributed by atoms with Gasteiger partial charge in [0.15, 0.2) is 11.6 Å². The number of hydrogen-bond acceptors (Lipinski definition) is 6. The highest BCUT2D eigenvalue weighted by atomic mass is 19.1. The maximum Gasteiger partial charge on any atom is 0.322 e. The first kappa shape index (κ1) is 22.7. The fourth-order valence-electron chi connectivity index (χ4n) is 4.11. The van der Waals surface area contributed by atoms with Crippen molar-refractivity contribution in [2.24, 2.45) is 0 Å². The van der Waals surface area contributed by atoms with Crippen LogP contribution in [0.2, 0.25) is 0 Å². The molecule has 0 saturated carbocycles. The normalized spacial score (nSPS) is 13.7. The Morgan fingerprint density at radius 2 is 1.77 bits per heavy atom. The van der Waals surface area contributed by atoms with E-state index in [-0.39, 0.29) is 17.3 Å². The standard InChI is InChI=1S/C25H23F2N5O3/c1-2-31-24(33)22(17-7-9-18(26)10-8-17)23(32(31)30-13-15-34-16-14-30)20-11-12-28-25(29-20)35-21-6-4-3-5-19(21)27/h3-12H,2,13-16H2,1H3. The SMILES string of the molecule is CCn1c(=O)c(-c2ccc(F)cc2)c(-c2ccnc(Oc3ccccc3F)n2)n1N1CCOCC1. The minimum Gasteiger partial charge on any atom is -0.421 e. The maximum atomic E-state index is 14.1. The van der Waals surface area contributed by atoms with Gasteiger partial charge in [0.25, 0.3) is 5.56 Å². The van der Waals surface area contributed by atoms with E-state index in [0.717, 1.165) is 0 Å². The Balaban J connectivity index is 1.70. The molecule has 2 aromatic heterocycles. The highest BCUT2D eigenvalue weighted by molar-refractivity contribution is 5.79. The molecule has 5 rings (SSSR count). The van der Waals surface area contributed by atoms with Gasteiger partial charge in [-0.15, -0.1) is 0 Å². The molecular weight excluding hydrogens is 456 g/mol. The van der Waals surface area contributed by atoms with Gasteiger partial charge in [-0.25, -0.2) is 18.4 Å².